The van der Waals surface area contributed by atoms with Crippen molar-refractivity contribution in [2.45, 2.75) is 46.0 Å². The average molecular weight is 479 g/mol. The van der Waals surface area contributed by atoms with E-state index in [2.05, 4.69) is 34.9 Å². The van der Waals surface area contributed by atoms with Crippen molar-refractivity contribution >= 4 is 18.0 Å². The van der Waals surface area contributed by atoms with Gasteiger partial charge in [0.05, 0.1) is 0 Å². The Bertz CT molecular complexity index is 1060. The van der Waals surface area contributed by atoms with Crippen molar-refractivity contribution in [3.63, 3.8) is 0 Å². The van der Waals surface area contributed by atoms with Crippen molar-refractivity contribution in [1.29, 1.82) is 0 Å². The van der Waals surface area contributed by atoms with Crippen LogP contribution in [0.2, 0.25) is 0 Å². The first-order chi connectivity index (χ1) is 16.7. The molecule has 35 heavy (non-hydrogen) atoms. The highest BCUT2D eigenvalue weighted by atomic mass is 16.5. The lowest BCUT2D eigenvalue weighted by molar-refractivity contribution is -0.132. The Morgan fingerprint density at radius 2 is 1.57 bits per heavy atom. The molecule has 0 atom stereocenters. The molecule has 7 heteroatoms. The number of carbonyl (C=O) groups excluding carboxylic acids is 2. The smallest absolute Gasteiger partial charge is 0.407 e. The van der Waals surface area contributed by atoms with Crippen LogP contribution in [0.15, 0.2) is 60.2 Å². The number of amides is 2. The first-order valence-electron chi connectivity index (χ1n) is 11.9. The fourth-order valence-electron chi connectivity index (χ4n) is 4.22. The Hall–Kier alpha value is -3.61. The minimum absolute atomic E-state index is 0.0252. The van der Waals surface area contributed by atoms with Crippen LogP contribution in [0.25, 0.3) is 11.1 Å². The second-order valence-electron chi connectivity index (χ2n) is 9.66. The molecule has 7 nitrogen and oxygen atoms in total. The summed E-state index contributed by atoms with van der Waals surface area (Å²) in [5, 5.41) is 14.4. The third-order valence-electron chi connectivity index (χ3n) is 6.49. The van der Waals surface area contributed by atoms with E-state index >= 15 is 0 Å². The van der Waals surface area contributed by atoms with Crippen LogP contribution >= 0.6 is 0 Å². The zero-order valence-electron chi connectivity index (χ0n) is 20.6. The standard InChI is InChI=1S/C28H34N2O5/c1-19(26(32)33)13-16-29-25(31)12-14-28(2,3)15-17-30-27(34)35-18-24-22-10-6-4-8-20(22)21-9-5-7-11-23(21)24/h4-11,13,24H,12,14-18H2,1-3H3,(H,29,31)(H,30,34)(H,32,33)/b19-13+. The third-order valence-corrected chi connectivity index (χ3v) is 6.49. The molecule has 0 aromatic heterocycles. The molecule has 1 aliphatic carbocycles. The van der Waals surface area contributed by atoms with Crippen LogP contribution in [-0.4, -0.2) is 42.8 Å². The first-order valence-corrected chi connectivity index (χ1v) is 11.9. The molecule has 0 spiro atoms. The van der Waals surface area contributed by atoms with Gasteiger partial charge in [-0.1, -0.05) is 68.5 Å². The van der Waals surface area contributed by atoms with Gasteiger partial charge in [0.25, 0.3) is 0 Å². The molecule has 0 aliphatic heterocycles. The van der Waals surface area contributed by atoms with Crippen molar-refractivity contribution < 1.29 is 24.2 Å². The molecule has 0 bridgehead atoms. The lowest BCUT2D eigenvalue weighted by Crippen LogP contribution is -2.30. The number of fused-ring (bicyclic) bond motifs is 3. The predicted molar refractivity (Wildman–Crippen MR) is 135 cm³/mol. The molecule has 186 valence electrons. The summed E-state index contributed by atoms with van der Waals surface area (Å²) >= 11 is 0. The van der Waals surface area contributed by atoms with Gasteiger partial charge in [-0.25, -0.2) is 9.59 Å². The SMILES string of the molecule is C/C(=C\CNC(=O)CCC(C)(C)CCNC(=O)OCC1c2ccccc2-c2ccccc21)C(=O)O. The molecule has 1 aliphatic rings. The van der Waals surface area contributed by atoms with Gasteiger partial charge in [-0.3, -0.25) is 4.79 Å². The summed E-state index contributed by atoms with van der Waals surface area (Å²) in [7, 11) is 0. The van der Waals surface area contributed by atoms with Gasteiger partial charge in [0.1, 0.15) is 6.61 Å². The van der Waals surface area contributed by atoms with E-state index in [1.165, 1.54) is 35.3 Å². The monoisotopic (exact) mass is 478 g/mol. The van der Waals surface area contributed by atoms with Crippen molar-refractivity contribution in [2.75, 3.05) is 19.7 Å². The molecule has 2 aromatic rings. The second-order valence-corrected chi connectivity index (χ2v) is 9.66. The minimum Gasteiger partial charge on any atom is -0.478 e. The predicted octanol–water partition coefficient (Wildman–Crippen LogP) is 4.87. The van der Waals surface area contributed by atoms with E-state index in [4.69, 9.17) is 9.84 Å². The van der Waals surface area contributed by atoms with E-state index in [0.29, 0.717) is 25.8 Å². The van der Waals surface area contributed by atoms with E-state index < -0.39 is 12.1 Å². The van der Waals surface area contributed by atoms with E-state index in [1.807, 2.05) is 38.1 Å². The highest BCUT2D eigenvalue weighted by Crippen LogP contribution is 2.44. The van der Waals surface area contributed by atoms with Gasteiger partial charge in [0, 0.05) is 31.0 Å². The van der Waals surface area contributed by atoms with Crippen LogP contribution in [-0.2, 0) is 14.3 Å². The van der Waals surface area contributed by atoms with E-state index in [9.17, 15) is 14.4 Å². The maximum absolute atomic E-state index is 12.4. The number of nitrogens with one attached hydrogen (secondary N) is 2. The fourth-order valence-corrected chi connectivity index (χ4v) is 4.22. The van der Waals surface area contributed by atoms with Crippen LogP contribution in [0.5, 0.6) is 0 Å². The third kappa shape index (κ3) is 7.18. The Kier molecular flexibility index (Phi) is 8.68. The van der Waals surface area contributed by atoms with E-state index in [1.54, 1.807) is 0 Å². The highest BCUT2D eigenvalue weighted by Gasteiger charge is 2.29. The van der Waals surface area contributed by atoms with E-state index in [0.717, 1.165) is 0 Å². The van der Waals surface area contributed by atoms with Crippen LogP contribution in [0, 0.1) is 5.41 Å². The van der Waals surface area contributed by atoms with Gasteiger partial charge in [0.15, 0.2) is 0 Å². The summed E-state index contributed by atoms with van der Waals surface area (Å²) in [5.74, 6) is -1.10. The summed E-state index contributed by atoms with van der Waals surface area (Å²) in [6, 6.07) is 16.4. The highest BCUT2D eigenvalue weighted by molar-refractivity contribution is 5.86. The van der Waals surface area contributed by atoms with Crippen LogP contribution < -0.4 is 10.6 Å². The van der Waals surface area contributed by atoms with Crippen LogP contribution in [0.4, 0.5) is 4.79 Å². The summed E-state index contributed by atoms with van der Waals surface area (Å²) in [5.41, 5.74) is 4.78. The Morgan fingerprint density at radius 1 is 0.971 bits per heavy atom. The average Bonchev–Trinajstić information content (AvgIpc) is 3.15. The topological polar surface area (TPSA) is 105 Å². The molecule has 0 saturated heterocycles. The zero-order valence-corrected chi connectivity index (χ0v) is 20.6. The normalized spacial score (nSPS) is 13.1. The van der Waals surface area contributed by atoms with Gasteiger partial charge in [-0.05, 0) is 47.4 Å². The van der Waals surface area contributed by atoms with Crippen molar-refractivity contribution in [3.8, 4) is 11.1 Å². The molecule has 0 fully saturated rings. The largest absolute Gasteiger partial charge is 0.478 e. The molecule has 0 radical (unpaired) electrons. The quantitative estimate of drug-likeness (QED) is 0.400. The Morgan fingerprint density at radius 3 is 2.17 bits per heavy atom. The Balaban J connectivity index is 1.39. The number of carboxylic acid groups (broad SMARTS) is 1. The van der Waals surface area contributed by atoms with Gasteiger partial charge in [-0.2, -0.15) is 0 Å². The Labute approximate surface area is 206 Å². The number of rotatable bonds is 11. The van der Waals surface area contributed by atoms with E-state index in [-0.39, 0.29) is 36.0 Å². The zero-order chi connectivity index (χ0) is 25.4. The van der Waals surface area contributed by atoms with Crippen molar-refractivity contribution in [2.24, 2.45) is 5.41 Å². The summed E-state index contributed by atoms with van der Waals surface area (Å²) in [6.45, 7) is 6.51. The molecule has 3 rings (SSSR count). The second kappa shape index (κ2) is 11.7. The van der Waals surface area contributed by atoms with Gasteiger partial charge >= 0.3 is 12.1 Å². The number of hydrogen-bond donors (Lipinski definition) is 3. The van der Waals surface area contributed by atoms with Gasteiger partial charge in [-0.15, -0.1) is 0 Å². The number of alkyl carbamates (subject to hydrolysis) is 1. The molecular formula is C28H34N2O5. The molecule has 2 amide bonds. The lowest BCUT2D eigenvalue weighted by Gasteiger charge is -2.24. The molecule has 0 unspecified atom stereocenters. The lowest BCUT2D eigenvalue weighted by atomic mass is 9.84. The maximum Gasteiger partial charge on any atom is 0.407 e. The van der Waals surface area contributed by atoms with Crippen LogP contribution in [0.1, 0.15) is 57.1 Å². The molecule has 0 saturated carbocycles. The summed E-state index contributed by atoms with van der Waals surface area (Å²) in [6.07, 6.45) is 2.71. The fraction of sp³-hybridized carbons (Fsp3) is 0.393. The van der Waals surface area contributed by atoms with Crippen LogP contribution in [0.3, 0.4) is 0 Å². The van der Waals surface area contributed by atoms with Crippen molar-refractivity contribution in [1.82, 2.24) is 10.6 Å². The van der Waals surface area contributed by atoms with Crippen molar-refractivity contribution in [3.05, 3.63) is 71.3 Å². The number of hydrogen-bond acceptors (Lipinski definition) is 4. The number of benzene rings is 2. The summed E-state index contributed by atoms with van der Waals surface area (Å²) in [4.78, 5) is 35.2. The number of carbonyl (C=O) groups is 3. The van der Waals surface area contributed by atoms with Gasteiger partial charge in [0.2, 0.25) is 5.91 Å². The minimum atomic E-state index is -0.996. The summed E-state index contributed by atoms with van der Waals surface area (Å²) < 4.78 is 5.57. The molecule has 3 N–H and O–H groups in total. The number of ether oxygens (including phenoxy) is 1. The van der Waals surface area contributed by atoms with Gasteiger partial charge < -0.3 is 20.5 Å². The first kappa shape index (κ1) is 26.0. The molecular weight excluding hydrogens is 444 g/mol. The molecule has 0 heterocycles. The maximum atomic E-state index is 12.4. The molecule has 2 aromatic carbocycles. The number of carboxylic acids is 1. The number of aliphatic carboxylic acids is 1.